The molecule has 0 atom stereocenters. The monoisotopic (exact) mass is 416 g/mol. The molecule has 0 bridgehead atoms. The van der Waals surface area contributed by atoms with Gasteiger partial charge in [0.25, 0.3) is 0 Å². The van der Waals surface area contributed by atoms with E-state index in [2.05, 4.69) is 15.7 Å². The van der Waals surface area contributed by atoms with Crippen molar-refractivity contribution in [1.29, 1.82) is 0 Å². The number of nitrogens with zero attached hydrogens (tertiary/aromatic N) is 2. The Kier molecular flexibility index (Phi) is 5.95. The predicted octanol–water partition coefficient (Wildman–Crippen LogP) is 5.12. The molecule has 0 spiro atoms. The van der Waals surface area contributed by atoms with E-state index in [9.17, 15) is 13.2 Å². The van der Waals surface area contributed by atoms with Crippen LogP contribution in [0.2, 0.25) is 5.02 Å². The number of nitrogens with one attached hydrogen (secondary N) is 2. The van der Waals surface area contributed by atoms with Crippen LogP contribution in [0, 0.1) is 6.92 Å². The van der Waals surface area contributed by atoms with Gasteiger partial charge in [-0.1, -0.05) is 29.8 Å². The van der Waals surface area contributed by atoms with Crippen LogP contribution in [0.3, 0.4) is 0 Å². The Morgan fingerprint density at radius 2 is 2.04 bits per heavy atom. The molecule has 0 aliphatic heterocycles. The fraction of sp³-hybridized carbons (Fsp3) is 0.444. The van der Waals surface area contributed by atoms with Crippen molar-refractivity contribution >= 4 is 34.6 Å². The molecule has 1 fully saturated rings. The summed E-state index contributed by atoms with van der Waals surface area (Å²) in [6.45, 7) is 2.84. The van der Waals surface area contributed by atoms with E-state index in [1.54, 1.807) is 0 Å². The van der Waals surface area contributed by atoms with Gasteiger partial charge in [0.2, 0.25) is 0 Å². The maximum absolute atomic E-state index is 13.1. The van der Waals surface area contributed by atoms with Crippen LogP contribution in [0.25, 0.3) is 0 Å². The molecular formula is C18H20ClF3N4S. The number of alkyl halides is 3. The molecule has 2 aromatic rings. The largest absolute Gasteiger partial charge is 0.436 e. The molecule has 1 aromatic carbocycles. The van der Waals surface area contributed by atoms with E-state index in [4.69, 9.17) is 23.8 Å². The number of aryl methyl sites for hydroxylation is 2. The van der Waals surface area contributed by atoms with Crippen LogP contribution >= 0.6 is 23.8 Å². The Bertz CT molecular complexity index is 830. The molecule has 27 heavy (non-hydrogen) atoms. The summed E-state index contributed by atoms with van der Waals surface area (Å²) in [6, 6.07) is 7.76. The lowest BCUT2D eigenvalue weighted by Gasteiger charge is -2.13. The number of hydrogen-bond donors (Lipinski definition) is 2. The molecule has 1 aliphatic rings. The zero-order chi connectivity index (χ0) is 19.6. The van der Waals surface area contributed by atoms with E-state index in [-0.39, 0.29) is 10.9 Å². The second-order valence-corrected chi connectivity index (χ2v) is 7.38. The lowest BCUT2D eigenvalue weighted by molar-refractivity contribution is -0.141. The highest BCUT2D eigenvalue weighted by Crippen LogP contribution is 2.46. The van der Waals surface area contributed by atoms with E-state index < -0.39 is 11.9 Å². The summed E-state index contributed by atoms with van der Waals surface area (Å²) in [5.41, 5.74) is 1.50. The molecule has 4 nitrogen and oxygen atoms in total. The van der Waals surface area contributed by atoms with Crippen LogP contribution in [-0.4, -0.2) is 21.4 Å². The van der Waals surface area contributed by atoms with E-state index in [1.807, 2.05) is 31.2 Å². The third kappa shape index (κ3) is 4.93. The second kappa shape index (κ2) is 8.06. The second-order valence-electron chi connectivity index (χ2n) is 6.59. The molecule has 1 heterocycles. The van der Waals surface area contributed by atoms with Gasteiger partial charge in [-0.3, -0.25) is 4.68 Å². The van der Waals surface area contributed by atoms with E-state index in [1.165, 1.54) is 4.68 Å². The Balaban J connectivity index is 1.55. The first-order valence-corrected chi connectivity index (χ1v) is 9.50. The van der Waals surface area contributed by atoms with Gasteiger partial charge in [0.1, 0.15) is 0 Å². The van der Waals surface area contributed by atoms with Crippen LogP contribution in [-0.2, 0) is 12.7 Å². The minimum Gasteiger partial charge on any atom is -0.362 e. The van der Waals surface area contributed by atoms with Crippen molar-refractivity contribution in [1.82, 2.24) is 15.1 Å². The normalized spacial score (nSPS) is 14.3. The van der Waals surface area contributed by atoms with Crippen molar-refractivity contribution in [2.75, 3.05) is 11.9 Å². The van der Waals surface area contributed by atoms with Gasteiger partial charge in [0, 0.05) is 24.7 Å². The first-order valence-electron chi connectivity index (χ1n) is 8.71. The van der Waals surface area contributed by atoms with E-state index >= 15 is 0 Å². The number of rotatable bonds is 6. The molecule has 2 N–H and O–H groups in total. The Morgan fingerprint density at radius 3 is 2.67 bits per heavy atom. The summed E-state index contributed by atoms with van der Waals surface area (Å²) < 4.78 is 40.6. The van der Waals surface area contributed by atoms with E-state index in [0.717, 1.165) is 24.1 Å². The third-order valence-corrected chi connectivity index (χ3v) is 5.01. The smallest absolute Gasteiger partial charge is 0.362 e. The molecule has 0 radical (unpaired) electrons. The summed E-state index contributed by atoms with van der Waals surface area (Å²) in [6.07, 6.45) is -2.26. The summed E-state index contributed by atoms with van der Waals surface area (Å²) in [4.78, 5) is 0. The molecule has 9 heteroatoms. The van der Waals surface area contributed by atoms with Gasteiger partial charge in [0.05, 0.1) is 10.7 Å². The van der Waals surface area contributed by atoms with Gasteiger partial charge >= 0.3 is 6.18 Å². The Labute approximate surface area is 166 Å². The van der Waals surface area contributed by atoms with Gasteiger partial charge in [-0.2, -0.15) is 18.3 Å². The number of aromatic nitrogens is 2. The third-order valence-electron chi connectivity index (χ3n) is 4.39. The van der Waals surface area contributed by atoms with Gasteiger partial charge < -0.3 is 10.6 Å². The maximum Gasteiger partial charge on any atom is 0.436 e. The van der Waals surface area contributed by atoms with Gasteiger partial charge in [-0.15, -0.1) is 0 Å². The summed E-state index contributed by atoms with van der Waals surface area (Å²) in [5, 5.41) is 10.1. The highest BCUT2D eigenvalue weighted by molar-refractivity contribution is 7.80. The average molecular weight is 417 g/mol. The summed E-state index contributed by atoms with van der Waals surface area (Å²) >= 11 is 11.2. The molecule has 3 rings (SSSR count). The number of benzene rings is 1. The topological polar surface area (TPSA) is 41.9 Å². The predicted molar refractivity (Wildman–Crippen MR) is 104 cm³/mol. The van der Waals surface area contributed by atoms with Crippen LogP contribution < -0.4 is 10.6 Å². The van der Waals surface area contributed by atoms with Crippen LogP contribution in [0.5, 0.6) is 0 Å². The molecular weight excluding hydrogens is 397 g/mol. The number of halogens is 4. The van der Waals surface area contributed by atoms with Crippen molar-refractivity contribution in [3.8, 4) is 0 Å². The number of hydrogen-bond acceptors (Lipinski definition) is 2. The Hall–Kier alpha value is -1.80. The van der Waals surface area contributed by atoms with Crippen molar-refractivity contribution in [2.45, 2.75) is 44.8 Å². The minimum absolute atomic E-state index is 0.0814. The fourth-order valence-corrected chi connectivity index (χ4v) is 3.47. The number of para-hydroxylation sites is 1. The van der Waals surface area contributed by atoms with Gasteiger partial charge in [-0.25, -0.2) is 0 Å². The summed E-state index contributed by atoms with van der Waals surface area (Å²) in [5.74, 6) is 0.0814. The minimum atomic E-state index is -4.54. The lowest BCUT2D eigenvalue weighted by Crippen LogP contribution is -2.30. The van der Waals surface area contributed by atoms with Crippen LogP contribution in [0.4, 0.5) is 18.9 Å². The molecule has 0 amide bonds. The molecule has 1 aliphatic carbocycles. The molecule has 1 aromatic heterocycles. The van der Waals surface area contributed by atoms with E-state index in [0.29, 0.717) is 30.3 Å². The SMILES string of the molecule is Cc1ccccc1NC(=S)NCCCn1nc(C(F)(F)F)c(Cl)c1C1CC1. The zero-order valence-electron chi connectivity index (χ0n) is 14.7. The van der Waals surface area contributed by atoms with Crippen LogP contribution in [0.1, 0.15) is 42.1 Å². The van der Waals surface area contributed by atoms with Gasteiger partial charge in [-0.05, 0) is 50.0 Å². The lowest BCUT2D eigenvalue weighted by atomic mass is 10.2. The maximum atomic E-state index is 13.1. The van der Waals surface area contributed by atoms with Crippen molar-refractivity contribution in [2.24, 2.45) is 0 Å². The highest BCUT2D eigenvalue weighted by atomic mass is 35.5. The average Bonchev–Trinajstić information content (AvgIpc) is 3.36. The van der Waals surface area contributed by atoms with Gasteiger partial charge in [0.15, 0.2) is 10.8 Å². The Morgan fingerprint density at radius 1 is 1.33 bits per heavy atom. The zero-order valence-corrected chi connectivity index (χ0v) is 16.3. The number of thiocarbonyl (C=S) groups is 1. The molecule has 146 valence electrons. The first kappa shape index (κ1) is 19.9. The molecule has 0 saturated heterocycles. The fourth-order valence-electron chi connectivity index (χ4n) is 2.86. The van der Waals surface area contributed by atoms with Crippen LogP contribution in [0.15, 0.2) is 24.3 Å². The molecule has 0 unspecified atom stereocenters. The molecule has 1 saturated carbocycles. The standard InChI is InChI=1S/C18H20ClF3N4S/c1-11-5-2-3-6-13(11)24-17(27)23-9-4-10-26-15(12-7-8-12)14(19)16(25-26)18(20,21)22/h2-3,5-6,12H,4,7-10H2,1H3,(H2,23,24,27). The number of anilines is 1. The first-order chi connectivity index (χ1) is 12.8. The quantitative estimate of drug-likeness (QED) is 0.506. The summed E-state index contributed by atoms with van der Waals surface area (Å²) in [7, 11) is 0. The highest BCUT2D eigenvalue weighted by Gasteiger charge is 2.41. The van der Waals surface area contributed by atoms with Crippen molar-refractivity contribution < 1.29 is 13.2 Å². The van der Waals surface area contributed by atoms with Crippen molar-refractivity contribution in [3.05, 3.63) is 46.2 Å². The van der Waals surface area contributed by atoms with Crippen molar-refractivity contribution in [3.63, 3.8) is 0 Å².